The molecule has 0 radical (unpaired) electrons. The Morgan fingerprint density at radius 1 is 1.00 bits per heavy atom. The lowest BCUT2D eigenvalue weighted by molar-refractivity contribution is 1.13. The van der Waals surface area contributed by atoms with Crippen LogP contribution < -0.4 is 0 Å². The number of aromatic nitrogens is 2. The zero-order chi connectivity index (χ0) is 15.0. The van der Waals surface area contributed by atoms with Crippen molar-refractivity contribution in [1.29, 1.82) is 0 Å². The summed E-state index contributed by atoms with van der Waals surface area (Å²) in [5.41, 5.74) is 5.57. The molecule has 0 saturated carbocycles. The van der Waals surface area contributed by atoms with E-state index in [-0.39, 0.29) is 0 Å². The maximum Gasteiger partial charge on any atom is 0.161 e. The third-order valence-electron chi connectivity index (χ3n) is 3.62. The van der Waals surface area contributed by atoms with Crippen LogP contribution in [-0.4, -0.2) is 9.97 Å². The van der Waals surface area contributed by atoms with E-state index < -0.39 is 0 Å². The summed E-state index contributed by atoms with van der Waals surface area (Å²) in [6, 6.07) is 12.4. The molecule has 3 heteroatoms. The summed E-state index contributed by atoms with van der Waals surface area (Å²) in [7, 11) is 0. The van der Waals surface area contributed by atoms with Gasteiger partial charge in [-0.05, 0) is 44.0 Å². The molecular weight excluding hydrogens is 280 g/mol. The predicted octanol–water partition coefficient (Wildman–Crippen LogP) is 5.13. The van der Waals surface area contributed by atoms with Crippen LogP contribution in [0.4, 0.5) is 0 Å². The van der Waals surface area contributed by atoms with E-state index in [1.54, 1.807) is 0 Å². The number of nitrogens with zero attached hydrogens (tertiary/aromatic N) is 2. The zero-order valence-corrected chi connectivity index (χ0v) is 13.2. The smallest absolute Gasteiger partial charge is 0.161 e. The van der Waals surface area contributed by atoms with Gasteiger partial charge in [0.15, 0.2) is 5.82 Å². The van der Waals surface area contributed by atoms with Crippen LogP contribution in [0.1, 0.15) is 23.6 Å². The Bertz CT molecular complexity index is 805. The summed E-state index contributed by atoms with van der Waals surface area (Å²) < 4.78 is 0. The van der Waals surface area contributed by atoms with Crippen LogP contribution in [0.25, 0.3) is 22.3 Å². The van der Waals surface area contributed by atoms with E-state index in [0.717, 1.165) is 22.9 Å². The monoisotopic (exact) mass is 296 g/mol. The number of halogens is 1. The van der Waals surface area contributed by atoms with Crippen LogP contribution in [0.3, 0.4) is 0 Å². The second-order valence-corrected chi connectivity index (χ2v) is 5.74. The van der Waals surface area contributed by atoms with Gasteiger partial charge in [-0.25, -0.2) is 9.97 Å². The van der Waals surface area contributed by atoms with E-state index in [2.05, 4.69) is 50.0 Å². The van der Waals surface area contributed by atoms with Gasteiger partial charge >= 0.3 is 0 Å². The number of hydrogen-bond donors (Lipinski definition) is 0. The first kappa shape index (κ1) is 14.0. The third kappa shape index (κ3) is 2.64. The molecule has 3 rings (SSSR count). The minimum atomic E-state index is 0.518. The number of rotatable bonds is 2. The van der Waals surface area contributed by atoms with Gasteiger partial charge in [0.25, 0.3) is 0 Å². The summed E-state index contributed by atoms with van der Waals surface area (Å²) in [6.07, 6.45) is 0.928. The van der Waals surface area contributed by atoms with Crippen molar-refractivity contribution in [3.05, 3.63) is 58.2 Å². The second-order valence-electron chi connectivity index (χ2n) is 5.38. The number of fused-ring (bicyclic) bond motifs is 1. The minimum absolute atomic E-state index is 0.518. The highest BCUT2D eigenvalue weighted by Crippen LogP contribution is 2.28. The van der Waals surface area contributed by atoms with Crippen molar-refractivity contribution in [2.45, 2.75) is 27.2 Å². The van der Waals surface area contributed by atoms with Gasteiger partial charge in [0.2, 0.25) is 0 Å². The molecule has 0 fully saturated rings. The average molecular weight is 297 g/mol. The maximum absolute atomic E-state index is 6.37. The highest BCUT2D eigenvalue weighted by atomic mass is 35.5. The number of para-hydroxylation sites is 1. The molecule has 2 aromatic carbocycles. The van der Waals surface area contributed by atoms with Gasteiger partial charge in [0, 0.05) is 10.9 Å². The molecule has 0 bridgehead atoms. The summed E-state index contributed by atoms with van der Waals surface area (Å²) in [5, 5.41) is 1.44. The molecule has 0 saturated heterocycles. The highest BCUT2D eigenvalue weighted by Gasteiger charge is 2.11. The molecule has 0 unspecified atom stereocenters. The highest BCUT2D eigenvalue weighted by molar-refractivity contribution is 6.34. The van der Waals surface area contributed by atoms with Gasteiger partial charge in [-0.3, -0.25) is 0 Å². The van der Waals surface area contributed by atoms with E-state index in [0.29, 0.717) is 11.0 Å². The van der Waals surface area contributed by atoms with Crippen molar-refractivity contribution in [1.82, 2.24) is 9.97 Å². The fraction of sp³-hybridized carbons (Fsp3) is 0.222. The van der Waals surface area contributed by atoms with Gasteiger partial charge in [0.1, 0.15) is 5.15 Å². The molecule has 0 spiro atoms. The lowest BCUT2D eigenvalue weighted by atomic mass is 10.1. The molecule has 3 aromatic rings. The van der Waals surface area contributed by atoms with E-state index in [1.165, 1.54) is 16.7 Å². The number of hydrogen-bond acceptors (Lipinski definition) is 2. The van der Waals surface area contributed by atoms with Crippen LogP contribution in [0.15, 0.2) is 36.4 Å². The van der Waals surface area contributed by atoms with E-state index in [4.69, 9.17) is 16.6 Å². The summed E-state index contributed by atoms with van der Waals surface area (Å²) in [5.74, 6) is 0.695. The van der Waals surface area contributed by atoms with Crippen molar-refractivity contribution in [2.24, 2.45) is 0 Å². The zero-order valence-electron chi connectivity index (χ0n) is 12.4. The number of aryl methyl sites for hydroxylation is 3. The molecule has 21 heavy (non-hydrogen) atoms. The van der Waals surface area contributed by atoms with Crippen LogP contribution in [-0.2, 0) is 6.42 Å². The van der Waals surface area contributed by atoms with Gasteiger partial charge in [-0.1, -0.05) is 47.9 Å². The Morgan fingerprint density at radius 3 is 2.38 bits per heavy atom. The quantitative estimate of drug-likeness (QED) is 0.613. The summed E-state index contributed by atoms with van der Waals surface area (Å²) in [6.45, 7) is 6.29. The first-order chi connectivity index (χ1) is 10.1. The van der Waals surface area contributed by atoms with Gasteiger partial charge in [-0.15, -0.1) is 0 Å². The fourth-order valence-electron chi connectivity index (χ4n) is 2.69. The molecular formula is C18H17ClN2. The van der Waals surface area contributed by atoms with E-state index in [9.17, 15) is 0 Å². The Labute approximate surface area is 129 Å². The Morgan fingerprint density at radius 2 is 1.71 bits per heavy atom. The first-order valence-electron chi connectivity index (χ1n) is 7.12. The van der Waals surface area contributed by atoms with Crippen LogP contribution in [0.5, 0.6) is 0 Å². The third-order valence-corrected chi connectivity index (χ3v) is 3.91. The first-order valence-corrected chi connectivity index (χ1v) is 7.50. The molecule has 0 atom stereocenters. The van der Waals surface area contributed by atoms with Crippen molar-refractivity contribution >= 4 is 22.5 Å². The van der Waals surface area contributed by atoms with Gasteiger partial charge < -0.3 is 0 Å². The maximum atomic E-state index is 6.37. The van der Waals surface area contributed by atoms with Crippen molar-refractivity contribution in [3.8, 4) is 11.4 Å². The van der Waals surface area contributed by atoms with E-state index >= 15 is 0 Å². The Hall–Kier alpha value is -1.93. The molecule has 1 aromatic heterocycles. The molecule has 0 N–H and O–H groups in total. The largest absolute Gasteiger partial charge is 0.228 e. The van der Waals surface area contributed by atoms with Gasteiger partial charge in [0.05, 0.1) is 5.52 Å². The minimum Gasteiger partial charge on any atom is -0.228 e. The molecule has 2 nitrogen and oxygen atoms in total. The fourth-order valence-corrected chi connectivity index (χ4v) is 2.92. The summed E-state index contributed by atoms with van der Waals surface area (Å²) >= 11 is 6.37. The van der Waals surface area contributed by atoms with Crippen LogP contribution in [0.2, 0.25) is 5.15 Å². The SMILES string of the molecule is CCc1cccc2c(Cl)nc(-c3cc(C)cc(C)c3)nc12. The lowest BCUT2D eigenvalue weighted by Gasteiger charge is -2.09. The topological polar surface area (TPSA) is 25.8 Å². The van der Waals surface area contributed by atoms with E-state index in [1.807, 2.05) is 12.1 Å². The second kappa shape index (κ2) is 5.45. The van der Waals surface area contributed by atoms with Gasteiger partial charge in [-0.2, -0.15) is 0 Å². The molecule has 106 valence electrons. The predicted molar refractivity (Wildman–Crippen MR) is 88.8 cm³/mol. The molecule has 1 heterocycles. The lowest BCUT2D eigenvalue weighted by Crippen LogP contribution is -1.96. The molecule has 0 aliphatic carbocycles. The normalized spacial score (nSPS) is 11.0. The standard InChI is InChI=1S/C18H17ClN2/c1-4-13-6-5-7-15-16(13)20-18(21-17(15)19)14-9-11(2)8-12(3)10-14/h5-10H,4H2,1-3H3. The van der Waals surface area contributed by atoms with Crippen LogP contribution >= 0.6 is 11.6 Å². The average Bonchev–Trinajstić information content (AvgIpc) is 2.45. The van der Waals surface area contributed by atoms with Crippen LogP contribution in [0, 0.1) is 13.8 Å². The van der Waals surface area contributed by atoms with Crippen molar-refractivity contribution in [3.63, 3.8) is 0 Å². The van der Waals surface area contributed by atoms with Crippen molar-refractivity contribution in [2.75, 3.05) is 0 Å². The molecule has 0 amide bonds. The Balaban J connectivity index is 2.29. The molecule has 0 aliphatic rings. The summed E-state index contributed by atoms with van der Waals surface area (Å²) in [4.78, 5) is 9.25. The Kier molecular flexibility index (Phi) is 3.64. The van der Waals surface area contributed by atoms with Crippen molar-refractivity contribution < 1.29 is 0 Å². The molecule has 0 aliphatic heterocycles. The number of benzene rings is 2.